The molecule has 1 saturated heterocycles. The van der Waals surface area contributed by atoms with Gasteiger partial charge in [0.15, 0.2) is 0 Å². The third-order valence-electron chi connectivity index (χ3n) is 10.3. The maximum absolute atomic E-state index is 13.6. The van der Waals surface area contributed by atoms with Crippen LogP contribution in [0.4, 0.5) is 4.79 Å². The van der Waals surface area contributed by atoms with Crippen molar-refractivity contribution in [3.05, 3.63) is 47.5 Å². The van der Waals surface area contributed by atoms with Gasteiger partial charge in [-0.15, -0.1) is 0 Å². The number of benzene rings is 1. The third kappa shape index (κ3) is 6.36. The van der Waals surface area contributed by atoms with Gasteiger partial charge in [0.25, 0.3) is 0 Å². The molecule has 1 heterocycles. The van der Waals surface area contributed by atoms with E-state index in [1.54, 1.807) is 5.57 Å². The summed E-state index contributed by atoms with van der Waals surface area (Å²) in [4.78, 5) is 27.2. The van der Waals surface area contributed by atoms with Gasteiger partial charge in [-0.25, -0.2) is 9.69 Å². The summed E-state index contributed by atoms with van der Waals surface area (Å²) in [7, 11) is -3.10. The molecule has 5 nitrogen and oxygen atoms in total. The zero-order valence-corrected chi connectivity index (χ0v) is 26.8. The van der Waals surface area contributed by atoms with Crippen molar-refractivity contribution < 1.29 is 19.1 Å². The van der Waals surface area contributed by atoms with Gasteiger partial charge in [0, 0.05) is 11.8 Å². The molecule has 0 radical (unpaired) electrons. The van der Waals surface area contributed by atoms with Crippen LogP contribution in [-0.4, -0.2) is 52.8 Å². The van der Waals surface area contributed by atoms with Gasteiger partial charge in [-0.2, -0.15) is 0 Å². The molecule has 0 unspecified atom stereocenters. The van der Waals surface area contributed by atoms with E-state index in [1.807, 2.05) is 18.2 Å². The first-order valence-corrected chi connectivity index (χ1v) is 20.5. The molecule has 2 atom stereocenters. The first kappa shape index (κ1) is 30.8. The number of amides is 2. The molecule has 1 aromatic rings. The van der Waals surface area contributed by atoms with E-state index < -0.39 is 22.2 Å². The minimum atomic E-state index is -1.55. The number of rotatable bonds is 14. The first-order valence-electron chi connectivity index (χ1n) is 15.2. The van der Waals surface area contributed by atoms with Crippen LogP contribution in [0.5, 0.6) is 0 Å². The molecular weight excluding hydrogens is 507 g/mol. The van der Waals surface area contributed by atoms with Crippen LogP contribution in [0.3, 0.4) is 0 Å². The summed E-state index contributed by atoms with van der Waals surface area (Å²) in [6, 6.07) is 18.2. The molecule has 2 aliphatic rings. The van der Waals surface area contributed by atoms with Crippen molar-refractivity contribution in [2.45, 2.75) is 102 Å². The Kier molecular flexibility index (Phi) is 11.4. The predicted octanol–water partition coefficient (Wildman–Crippen LogP) is 8.06. The normalized spacial score (nSPS) is 20.6. The SMILES string of the molecule is CC[Si](CC)(CC)C(C1=C[C@H](COCc2ccccc2)[C@@H](C(=O)N2CCOC2=O)CC1)[Si](CC)(CC)CC. The van der Waals surface area contributed by atoms with Crippen molar-refractivity contribution in [2.24, 2.45) is 11.8 Å². The van der Waals surface area contributed by atoms with E-state index >= 15 is 0 Å². The van der Waals surface area contributed by atoms with Gasteiger partial charge in [-0.05, 0) is 23.6 Å². The van der Waals surface area contributed by atoms with Crippen molar-refractivity contribution in [2.75, 3.05) is 19.8 Å². The minimum Gasteiger partial charge on any atom is -0.447 e. The summed E-state index contributed by atoms with van der Waals surface area (Å²) in [6.45, 7) is 16.4. The summed E-state index contributed by atoms with van der Waals surface area (Å²) in [6.07, 6.45) is 3.76. The van der Waals surface area contributed by atoms with Gasteiger partial charge in [0.05, 0.1) is 35.9 Å². The van der Waals surface area contributed by atoms with E-state index in [9.17, 15) is 9.59 Å². The van der Waals surface area contributed by atoms with Gasteiger partial charge in [0.1, 0.15) is 6.61 Å². The summed E-state index contributed by atoms with van der Waals surface area (Å²) in [5, 5.41) is 0.749. The number of imide groups is 1. The molecule has 0 N–H and O–H groups in total. The first-order chi connectivity index (χ1) is 18.3. The molecule has 0 saturated carbocycles. The van der Waals surface area contributed by atoms with Crippen LogP contribution in [0, 0.1) is 11.8 Å². The van der Waals surface area contributed by atoms with Crippen molar-refractivity contribution in [3.8, 4) is 0 Å². The van der Waals surface area contributed by atoms with E-state index in [0.29, 0.717) is 26.4 Å². The smallest absolute Gasteiger partial charge is 0.416 e. The van der Waals surface area contributed by atoms with Crippen LogP contribution in [-0.2, 0) is 20.9 Å². The molecule has 38 heavy (non-hydrogen) atoms. The number of carbonyl (C=O) groups is 2. The second kappa shape index (κ2) is 14.1. The molecule has 1 aliphatic heterocycles. The average molecular weight is 558 g/mol. The van der Waals surface area contributed by atoms with Crippen LogP contribution < -0.4 is 0 Å². The Hall–Kier alpha value is -1.71. The van der Waals surface area contributed by atoms with Crippen LogP contribution in [0.2, 0.25) is 41.4 Å². The Balaban J connectivity index is 2.00. The van der Waals surface area contributed by atoms with Crippen LogP contribution in [0.1, 0.15) is 59.9 Å². The van der Waals surface area contributed by atoms with Crippen LogP contribution in [0.25, 0.3) is 0 Å². The molecular formula is C31H51NO4Si2. The fourth-order valence-corrected chi connectivity index (χ4v) is 23.9. The highest BCUT2D eigenvalue weighted by atomic mass is 28.4. The monoisotopic (exact) mass is 557 g/mol. The van der Waals surface area contributed by atoms with Crippen LogP contribution in [0.15, 0.2) is 42.0 Å². The fourth-order valence-electron chi connectivity index (χ4n) is 7.56. The van der Waals surface area contributed by atoms with E-state index in [4.69, 9.17) is 9.47 Å². The fraction of sp³-hybridized carbons (Fsp3) is 0.677. The molecule has 212 valence electrons. The minimum absolute atomic E-state index is 0.0135. The Morgan fingerprint density at radius 1 is 0.974 bits per heavy atom. The summed E-state index contributed by atoms with van der Waals surface area (Å²) >= 11 is 0. The Morgan fingerprint density at radius 3 is 2.05 bits per heavy atom. The maximum atomic E-state index is 13.6. The van der Waals surface area contributed by atoms with E-state index in [0.717, 1.165) is 23.6 Å². The molecule has 2 amide bonds. The third-order valence-corrected chi connectivity index (χ3v) is 25.6. The van der Waals surface area contributed by atoms with Crippen molar-refractivity contribution in [1.82, 2.24) is 4.90 Å². The molecule has 0 aromatic heterocycles. The number of nitrogens with zero attached hydrogens (tertiary/aromatic N) is 1. The number of hydrogen-bond donors (Lipinski definition) is 0. The second-order valence-corrected chi connectivity index (χ2v) is 22.9. The largest absolute Gasteiger partial charge is 0.447 e. The van der Waals surface area contributed by atoms with E-state index in [1.165, 1.54) is 41.2 Å². The van der Waals surface area contributed by atoms with Gasteiger partial charge >= 0.3 is 6.09 Å². The molecule has 3 rings (SSSR count). The topological polar surface area (TPSA) is 55.8 Å². The number of hydrogen-bond acceptors (Lipinski definition) is 4. The lowest BCUT2D eigenvalue weighted by Gasteiger charge is -2.51. The van der Waals surface area contributed by atoms with Gasteiger partial charge in [-0.3, -0.25) is 4.79 Å². The van der Waals surface area contributed by atoms with Crippen LogP contribution >= 0.6 is 0 Å². The summed E-state index contributed by atoms with van der Waals surface area (Å²) in [5.41, 5.74) is 2.78. The lowest BCUT2D eigenvalue weighted by molar-refractivity contribution is -0.134. The number of allylic oxidation sites excluding steroid dienone is 1. The van der Waals surface area contributed by atoms with E-state index in [-0.39, 0.29) is 17.7 Å². The second-order valence-electron chi connectivity index (χ2n) is 11.4. The molecule has 1 fully saturated rings. The molecule has 1 aliphatic carbocycles. The van der Waals surface area contributed by atoms with Gasteiger partial charge < -0.3 is 9.47 Å². The van der Waals surface area contributed by atoms with Crippen molar-refractivity contribution in [1.29, 1.82) is 0 Å². The van der Waals surface area contributed by atoms with Gasteiger partial charge in [0.2, 0.25) is 5.91 Å². The van der Waals surface area contributed by atoms with Crippen molar-refractivity contribution >= 4 is 28.1 Å². The molecule has 1 aromatic carbocycles. The quantitative estimate of drug-likeness (QED) is 0.171. The highest BCUT2D eigenvalue weighted by Gasteiger charge is 2.51. The molecule has 0 spiro atoms. The highest BCUT2D eigenvalue weighted by Crippen LogP contribution is 2.52. The zero-order chi connectivity index (χ0) is 27.8. The molecule has 0 bridgehead atoms. The standard InChI is InChI=1S/C31H51NO4Si2/c1-7-37(8-2,9-3)30(38(10-4,11-5)12-6)26-18-19-28(29(33)32-20-21-36-31(32)34)27(22-26)24-35-23-25-16-14-13-15-17-25/h13-17,22,27-28,30H,7-12,18-21,23-24H2,1-6H3/t27-,28+/m1/s1. The molecule has 7 heteroatoms. The lowest BCUT2D eigenvalue weighted by Crippen LogP contribution is -2.54. The average Bonchev–Trinajstić information content (AvgIpc) is 3.40. The van der Waals surface area contributed by atoms with E-state index in [2.05, 4.69) is 59.8 Å². The number of carbonyl (C=O) groups excluding carboxylic acids is 2. The number of cyclic esters (lactones) is 1. The predicted molar refractivity (Wildman–Crippen MR) is 162 cm³/mol. The highest BCUT2D eigenvalue weighted by molar-refractivity contribution is 7.00. The van der Waals surface area contributed by atoms with Crippen molar-refractivity contribution in [3.63, 3.8) is 0 Å². The Bertz CT molecular complexity index is 906. The maximum Gasteiger partial charge on any atom is 0.416 e. The Labute approximate surface area is 233 Å². The lowest BCUT2D eigenvalue weighted by atomic mass is 9.80. The number of ether oxygens (including phenoxy) is 2. The van der Waals surface area contributed by atoms with Gasteiger partial charge in [-0.1, -0.05) is 120 Å². The zero-order valence-electron chi connectivity index (χ0n) is 24.8. The summed E-state index contributed by atoms with van der Waals surface area (Å²) < 4.78 is 11.4. The Morgan fingerprint density at radius 2 is 1.55 bits per heavy atom. The summed E-state index contributed by atoms with van der Waals surface area (Å²) in [5.74, 6) is -0.328.